The van der Waals surface area contributed by atoms with E-state index in [2.05, 4.69) is 15.5 Å². The molecule has 6 nitrogen and oxygen atoms in total. The summed E-state index contributed by atoms with van der Waals surface area (Å²) in [6.45, 7) is 3.76. The maximum absolute atomic E-state index is 12.9. The fourth-order valence-electron chi connectivity index (χ4n) is 3.04. The van der Waals surface area contributed by atoms with Gasteiger partial charge in [-0.3, -0.25) is 4.79 Å². The molecule has 1 saturated carbocycles. The van der Waals surface area contributed by atoms with Crippen molar-refractivity contribution < 1.29 is 14.1 Å². The van der Waals surface area contributed by atoms with Gasteiger partial charge in [-0.1, -0.05) is 5.16 Å². The minimum absolute atomic E-state index is 0.190. The normalized spacial score (nSPS) is 13.9. The minimum Gasteiger partial charge on any atom is -0.496 e. The van der Waals surface area contributed by atoms with Crippen LogP contribution in [0.4, 0.5) is 5.69 Å². The lowest BCUT2D eigenvalue weighted by Crippen LogP contribution is -2.13. The molecule has 0 spiro atoms. The number of nitrogens with zero attached hydrogens (tertiary/aromatic N) is 2. The number of aromatic nitrogens is 2. The van der Waals surface area contributed by atoms with Crippen molar-refractivity contribution in [2.75, 3.05) is 12.4 Å². The van der Waals surface area contributed by atoms with E-state index in [0.29, 0.717) is 28.3 Å². The lowest BCUT2D eigenvalue weighted by molar-refractivity contribution is 0.102. The van der Waals surface area contributed by atoms with E-state index in [-0.39, 0.29) is 5.91 Å². The molecule has 6 heteroatoms. The third kappa shape index (κ3) is 2.84. The molecule has 128 valence electrons. The van der Waals surface area contributed by atoms with Crippen LogP contribution < -0.4 is 10.1 Å². The zero-order valence-corrected chi connectivity index (χ0v) is 14.4. The van der Waals surface area contributed by atoms with Crippen LogP contribution in [0.25, 0.3) is 11.1 Å². The molecule has 0 saturated heterocycles. The number of pyridine rings is 1. The number of methoxy groups -OCH3 is 1. The van der Waals surface area contributed by atoms with Gasteiger partial charge in [-0.25, -0.2) is 4.98 Å². The Morgan fingerprint density at radius 1 is 1.28 bits per heavy atom. The van der Waals surface area contributed by atoms with Gasteiger partial charge in [0.25, 0.3) is 11.6 Å². The highest BCUT2D eigenvalue weighted by molar-refractivity contribution is 6.12. The van der Waals surface area contributed by atoms with Crippen LogP contribution in [0, 0.1) is 13.8 Å². The largest absolute Gasteiger partial charge is 0.496 e. The molecular formula is C19H19N3O3. The number of carbonyl (C=O) groups excluding carboxylic acids is 1. The van der Waals surface area contributed by atoms with Crippen LogP contribution in [-0.4, -0.2) is 23.2 Å². The molecule has 0 radical (unpaired) electrons. The van der Waals surface area contributed by atoms with Gasteiger partial charge in [0.2, 0.25) is 0 Å². The second-order valence-electron chi connectivity index (χ2n) is 6.46. The molecule has 1 aliphatic carbocycles. The number of rotatable bonds is 4. The number of ether oxygens (including phenoxy) is 1. The Morgan fingerprint density at radius 2 is 2.08 bits per heavy atom. The summed E-state index contributed by atoms with van der Waals surface area (Å²) in [4.78, 5) is 17.4. The molecule has 1 aromatic carbocycles. The first-order chi connectivity index (χ1) is 12.1. The molecule has 1 fully saturated rings. The van der Waals surface area contributed by atoms with Crippen LogP contribution >= 0.6 is 0 Å². The zero-order valence-electron chi connectivity index (χ0n) is 14.4. The molecule has 25 heavy (non-hydrogen) atoms. The monoisotopic (exact) mass is 337 g/mol. The Labute approximate surface area is 145 Å². The first-order valence-electron chi connectivity index (χ1n) is 8.29. The van der Waals surface area contributed by atoms with Crippen LogP contribution in [0.2, 0.25) is 0 Å². The highest BCUT2D eigenvalue weighted by atomic mass is 16.5. The molecule has 0 unspecified atom stereocenters. The van der Waals surface area contributed by atoms with E-state index < -0.39 is 0 Å². The van der Waals surface area contributed by atoms with Gasteiger partial charge in [-0.05, 0) is 56.5 Å². The average Bonchev–Trinajstić information content (AvgIpc) is 3.38. The summed E-state index contributed by atoms with van der Waals surface area (Å²) in [6.07, 6.45) is 2.20. The summed E-state index contributed by atoms with van der Waals surface area (Å²) < 4.78 is 10.6. The van der Waals surface area contributed by atoms with E-state index in [9.17, 15) is 4.79 Å². The van der Waals surface area contributed by atoms with Crippen LogP contribution in [-0.2, 0) is 0 Å². The number of hydrogen-bond donors (Lipinski definition) is 1. The number of fused-ring (bicyclic) bond motifs is 1. The van der Waals surface area contributed by atoms with Gasteiger partial charge in [-0.2, -0.15) is 0 Å². The second-order valence-corrected chi connectivity index (χ2v) is 6.46. The lowest BCUT2D eigenvalue weighted by Gasteiger charge is -2.10. The summed E-state index contributed by atoms with van der Waals surface area (Å²) in [7, 11) is 1.63. The van der Waals surface area contributed by atoms with Crippen molar-refractivity contribution in [1.29, 1.82) is 0 Å². The maximum atomic E-state index is 12.9. The van der Waals surface area contributed by atoms with Gasteiger partial charge in [0, 0.05) is 17.3 Å². The predicted molar refractivity (Wildman–Crippen MR) is 94.2 cm³/mol. The number of carbonyl (C=O) groups is 1. The van der Waals surface area contributed by atoms with Crippen LogP contribution in [0.5, 0.6) is 5.75 Å². The predicted octanol–water partition coefficient (Wildman–Crippen LogP) is 3.98. The number of amides is 1. The topological polar surface area (TPSA) is 77.2 Å². The SMILES string of the molecule is COc1ccc(NC(=O)c2cc(C3CC3)nc3onc(C)c23)cc1C. The molecular weight excluding hydrogens is 318 g/mol. The van der Waals surface area contributed by atoms with Gasteiger partial charge in [-0.15, -0.1) is 0 Å². The Hall–Kier alpha value is -2.89. The molecule has 3 aromatic rings. The second kappa shape index (κ2) is 5.88. The van der Waals surface area contributed by atoms with Gasteiger partial charge >= 0.3 is 0 Å². The first kappa shape index (κ1) is 15.6. The molecule has 1 N–H and O–H groups in total. The molecule has 4 rings (SSSR count). The highest BCUT2D eigenvalue weighted by Gasteiger charge is 2.28. The number of anilines is 1. The number of benzene rings is 1. The van der Waals surface area contributed by atoms with E-state index in [0.717, 1.165) is 35.5 Å². The Kier molecular flexibility index (Phi) is 3.67. The number of hydrogen-bond acceptors (Lipinski definition) is 5. The van der Waals surface area contributed by atoms with Gasteiger partial charge in [0.1, 0.15) is 5.75 Å². The van der Waals surface area contributed by atoms with Crippen molar-refractivity contribution in [1.82, 2.24) is 10.1 Å². The summed E-state index contributed by atoms with van der Waals surface area (Å²) in [5, 5.41) is 7.60. The van der Waals surface area contributed by atoms with Crippen molar-refractivity contribution in [2.24, 2.45) is 0 Å². The molecule has 0 atom stereocenters. The van der Waals surface area contributed by atoms with Gasteiger partial charge in [0.15, 0.2) is 0 Å². The Bertz CT molecular complexity index is 973. The van der Waals surface area contributed by atoms with Crippen LogP contribution in [0.15, 0.2) is 28.8 Å². The van der Waals surface area contributed by atoms with E-state index >= 15 is 0 Å². The third-order valence-corrected chi connectivity index (χ3v) is 4.53. The van der Waals surface area contributed by atoms with E-state index in [1.165, 1.54) is 0 Å². The summed E-state index contributed by atoms with van der Waals surface area (Å²) in [6, 6.07) is 7.42. The smallest absolute Gasteiger partial charge is 0.259 e. The van der Waals surface area contributed by atoms with E-state index in [4.69, 9.17) is 9.26 Å². The van der Waals surface area contributed by atoms with Crippen LogP contribution in [0.3, 0.4) is 0 Å². The molecule has 0 aliphatic heterocycles. The molecule has 2 heterocycles. The molecule has 0 bridgehead atoms. The fraction of sp³-hybridized carbons (Fsp3) is 0.316. The van der Waals surface area contributed by atoms with Crippen molar-refractivity contribution >= 4 is 22.7 Å². The van der Waals surface area contributed by atoms with Gasteiger partial charge < -0.3 is 14.6 Å². The number of aryl methyl sites for hydroxylation is 2. The fourth-order valence-corrected chi connectivity index (χ4v) is 3.04. The summed E-state index contributed by atoms with van der Waals surface area (Å²) in [5.74, 6) is 1.02. The van der Waals surface area contributed by atoms with Crippen molar-refractivity contribution in [3.05, 3.63) is 46.8 Å². The number of nitrogens with one attached hydrogen (secondary N) is 1. The van der Waals surface area contributed by atoms with Crippen molar-refractivity contribution in [3.63, 3.8) is 0 Å². The lowest BCUT2D eigenvalue weighted by atomic mass is 10.1. The van der Waals surface area contributed by atoms with E-state index in [1.807, 2.05) is 38.1 Å². The van der Waals surface area contributed by atoms with Crippen LogP contribution in [0.1, 0.15) is 46.1 Å². The Balaban J connectivity index is 1.71. The van der Waals surface area contributed by atoms with Crippen molar-refractivity contribution in [2.45, 2.75) is 32.6 Å². The van der Waals surface area contributed by atoms with Gasteiger partial charge in [0.05, 0.1) is 23.8 Å². The maximum Gasteiger partial charge on any atom is 0.259 e. The summed E-state index contributed by atoms with van der Waals surface area (Å²) in [5.41, 5.74) is 4.23. The molecule has 1 aliphatic rings. The van der Waals surface area contributed by atoms with Crippen molar-refractivity contribution in [3.8, 4) is 5.75 Å². The summed E-state index contributed by atoms with van der Waals surface area (Å²) >= 11 is 0. The first-order valence-corrected chi connectivity index (χ1v) is 8.29. The third-order valence-electron chi connectivity index (χ3n) is 4.53. The highest BCUT2D eigenvalue weighted by Crippen LogP contribution is 2.40. The molecule has 1 amide bonds. The Morgan fingerprint density at radius 3 is 2.76 bits per heavy atom. The zero-order chi connectivity index (χ0) is 17.6. The average molecular weight is 337 g/mol. The standard InChI is InChI=1S/C19H19N3O3/c1-10-8-13(6-7-16(10)24-3)20-18(23)14-9-15(12-4-5-12)21-19-17(14)11(2)22-25-19/h6-9,12H,4-5H2,1-3H3,(H,20,23). The quantitative estimate of drug-likeness (QED) is 0.779. The minimum atomic E-state index is -0.190. The molecule has 2 aromatic heterocycles. The van der Waals surface area contributed by atoms with E-state index in [1.54, 1.807) is 7.11 Å².